The van der Waals surface area contributed by atoms with Gasteiger partial charge in [0.1, 0.15) is 5.75 Å². The van der Waals surface area contributed by atoms with Crippen LogP contribution in [0.2, 0.25) is 0 Å². The maximum atomic E-state index is 11.2. The molecule has 0 saturated carbocycles. The van der Waals surface area contributed by atoms with E-state index in [1.54, 1.807) is 0 Å². The summed E-state index contributed by atoms with van der Waals surface area (Å²) in [6, 6.07) is 11.6. The summed E-state index contributed by atoms with van der Waals surface area (Å²) in [7, 11) is 0. The standard InChI is InChI=1S/C15H16ClNO2/c1-11(18)17-14-7-2-6-13-12(14)5-3-8-15(13)19-10-4-9-16/h2-3,5-8H,4,9-10H2,1H3,(H,17,18). The van der Waals surface area contributed by atoms with Gasteiger partial charge in [-0.2, -0.15) is 0 Å². The molecule has 0 aliphatic heterocycles. The second kappa shape index (κ2) is 6.43. The first-order valence-electron chi connectivity index (χ1n) is 6.20. The lowest BCUT2D eigenvalue weighted by Gasteiger charge is -2.11. The molecule has 19 heavy (non-hydrogen) atoms. The highest BCUT2D eigenvalue weighted by Crippen LogP contribution is 2.30. The number of ether oxygens (including phenoxy) is 1. The van der Waals surface area contributed by atoms with E-state index in [-0.39, 0.29) is 5.91 Å². The minimum absolute atomic E-state index is 0.0824. The molecule has 0 spiro atoms. The average molecular weight is 278 g/mol. The topological polar surface area (TPSA) is 38.3 Å². The van der Waals surface area contributed by atoms with Crippen LogP contribution in [0.4, 0.5) is 5.69 Å². The Morgan fingerprint density at radius 2 is 1.95 bits per heavy atom. The predicted molar refractivity (Wildman–Crippen MR) is 79.1 cm³/mol. The number of alkyl halides is 1. The summed E-state index contributed by atoms with van der Waals surface area (Å²) in [4.78, 5) is 11.2. The summed E-state index contributed by atoms with van der Waals surface area (Å²) < 4.78 is 5.72. The number of fused-ring (bicyclic) bond motifs is 1. The summed E-state index contributed by atoms with van der Waals surface area (Å²) >= 11 is 5.64. The van der Waals surface area contributed by atoms with Crippen LogP contribution in [0.5, 0.6) is 5.75 Å². The van der Waals surface area contributed by atoms with Crippen molar-refractivity contribution in [2.24, 2.45) is 0 Å². The average Bonchev–Trinajstić information content (AvgIpc) is 2.39. The number of amides is 1. The zero-order valence-electron chi connectivity index (χ0n) is 10.8. The molecular weight excluding hydrogens is 262 g/mol. The quantitative estimate of drug-likeness (QED) is 0.667. The van der Waals surface area contributed by atoms with Crippen molar-refractivity contribution in [2.75, 3.05) is 17.8 Å². The molecule has 4 heteroatoms. The fourth-order valence-electron chi connectivity index (χ4n) is 1.94. The fourth-order valence-corrected chi connectivity index (χ4v) is 2.05. The Hall–Kier alpha value is -1.74. The molecular formula is C15H16ClNO2. The molecule has 1 amide bonds. The van der Waals surface area contributed by atoms with Crippen LogP contribution in [0.25, 0.3) is 10.8 Å². The van der Waals surface area contributed by atoms with E-state index in [1.807, 2.05) is 36.4 Å². The summed E-state index contributed by atoms with van der Waals surface area (Å²) in [5.41, 5.74) is 0.799. The summed E-state index contributed by atoms with van der Waals surface area (Å²) in [6.07, 6.45) is 0.809. The molecule has 2 aromatic rings. The highest BCUT2D eigenvalue weighted by atomic mass is 35.5. The van der Waals surface area contributed by atoms with E-state index < -0.39 is 0 Å². The molecule has 0 heterocycles. The van der Waals surface area contributed by atoms with E-state index in [4.69, 9.17) is 16.3 Å². The zero-order valence-corrected chi connectivity index (χ0v) is 11.5. The molecule has 0 aliphatic rings. The lowest BCUT2D eigenvalue weighted by Crippen LogP contribution is -2.06. The van der Waals surface area contributed by atoms with Gasteiger partial charge in [-0.15, -0.1) is 11.6 Å². The van der Waals surface area contributed by atoms with Gasteiger partial charge in [0.2, 0.25) is 5.91 Å². The number of hydrogen-bond donors (Lipinski definition) is 1. The van der Waals surface area contributed by atoms with Crippen molar-refractivity contribution in [3.05, 3.63) is 36.4 Å². The van der Waals surface area contributed by atoms with Crippen LogP contribution in [0.1, 0.15) is 13.3 Å². The number of carbonyl (C=O) groups is 1. The largest absolute Gasteiger partial charge is 0.493 e. The van der Waals surface area contributed by atoms with Crippen LogP contribution in [0.15, 0.2) is 36.4 Å². The van der Waals surface area contributed by atoms with Gasteiger partial charge in [0.15, 0.2) is 0 Å². The maximum absolute atomic E-state index is 11.2. The lowest BCUT2D eigenvalue weighted by molar-refractivity contribution is -0.114. The molecule has 2 rings (SSSR count). The van der Waals surface area contributed by atoms with Gasteiger partial charge in [-0.3, -0.25) is 4.79 Å². The molecule has 0 bridgehead atoms. The highest BCUT2D eigenvalue weighted by molar-refractivity contribution is 6.17. The molecule has 3 nitrogen and oxygen atoms in total. The predicted octanol–water partition coefficient (Wildman–Crippen LogP) is 3.81. The van der Waals surface area contributed by atoms with E-state index in [2.05, 4.69) is 5.32 Å². The van der Waals surface area contributed by atoms with Gasteiger partial charge in [-0.05, 0) is 18.6 Å². The third-order valence-corrected chi connectivity index (χ3v) is 3.00. The fraction of sp³-hybridized carbons (Fsp3) is 0.267. The normalized spacial score (nSPS) is 10.4. The first-order valence-corrected chi connectivity index (χ1v) is 6.74. The van der Waals surface area contributed by atoms with Crippen molar-refractivity contribution in [3.63, 3.8) is 0 Å². The van der Waals surface area contributed by atoms with E-state index in [9.17, 15) is 4.79 Å². The third-order valence-electron chi connectivity index (χ3n) is 2.73. The molecule has 2 aromatic carbocycles. The second-order valence-electron chi connectivity index (χ2n) is 4.23. The Kier molecular flexibility index (Phi) is 4.63. The molecule has 0 radical (unpaired) electrons. The lowest BCUT2D eigenvalue weighted by atomic mass is 10.1. The number of anilines is 1. The SMILES string of the molecule is CC(=O)Nc1cccc2c(OCCCCl)cccc12. The van der Waals surface area contributed by atoms with Crippen LogP contribution < -0.4 is 10.1 Å². The molecule has 0 atom stereocenters. The Labute approximate surface area is 117 Å². The number of halogens is 1. The maximum Gasteiger partial charge on any atom is 0.221 e. The van der Waals surface area contributed by atoms with Gasteiger partial charge in [0.25, 0.3) is 0 Å². The van der Waals surface area contributed by atoms with Crippen molar-refractivity contribution >= 4 is 34.0 Å². The van der Waals surface area contributed by atoms with Crippen molar-refractivity contribution in [3.8, 4) is 5.75 Å². The van der Waals surface area contributed by atoms with Crippen molar-refractivity contribution in [1.29, 1.82) is 0 Å². The number of hydrogen-bond acceptors (Lipinski definition) is 2. The molecule has 0 aromatic heterocycles. The number of nitrogens with one attached hydrogen (secondary N) is 1. The number of rotatable bonds is 5. The van der Waals surface area contributed by atoms with Crippen molar-refractivity contribution in [2.45, 2.75) is 13.3 Å². The highest BCUT2D eigenvalue weighted by Gasteiger charge is 2.06. The molecule has 1 N–H and O–H groups in total. The van der Waals surface area contributed by atoms with Gasteiger partial charge in [-0.25, -0.2) is 0 Å². The molecule has 0 saturated heterocycles. The van der Waals surface area contributed by atoms with E-state index >= 15 is 0 Å². The third kappa shape index (κ3) is 3.38. The minimum atomic E-state index is -0.0824. The minimum Gasteiger partial charge on any atom is -0.493 e. The summed E-state index contributed by atoms with van der Waals surface area (Å²) in [5, 5.41) is 4.79. The van der Waals surface area contributed by atoms with Crippen LogP contribution >= 0.6 is 11.6 Å². The first-order chi connectivity index (χ1) is 9.22. The molecule has 100 valence electrons. The molecule has 0 fully saturated rings. The van der Waals surface area contributed by atoms with Crippen LogP contribution in [0, 0.1) is 0 Å². The van der Waals surface area contributed by atoms with Crippen LogP contribution in [-0.4, -0.2) is 18.4 Å². The van der Waals surface area contributed by atoms with Gasteiger partial charge in [0, 0.05) is 29.3 Å². The monoisotopic (exact) mass is 277 g/mol. The van der Waals surface area contributed by atoms with E-state index in [0.29, 0.717) is 12.5 Å². The van der Waals surface area contributed by atoms with Crippen LogP contribution in [-0.2, 0) is 4.79 Å². The van der Waals surface area contributed by atoms with Gasteiger partial charge < -0.3 is 10.1 Å². The Morgan fingerprint density at radius 1 is 1.21 bits per heavy atom. The summed E-state index contributed by atoms with van der Waals surface area (Å²) in [6.45, 7) is 2.09. The van der Waals surface area contributed by atoms with Gasteiger partial charge in [-0.1, -0.05) is 24.3 Å². The molecule has 0 aliphatic carbocycles. The zero-order chi connectivity index (χ0) is 13.7. The van der Waals surface area contributed by atoms with E-state index in [1.165, 1.54) is 6.92 Å². The second-order valence-corrected chi connectivity index (χ2v) is 4.61. The molecule has 0 unspecified atom stereocenters. The first kappa shape index (κ1) is 13.7. The Morgan fingerprint density at radius 3 is 2.68 bits per heavy atom. The number of carbonyl (C=O) groups excluding carboxylic acids is 1. The smallest absolute Gasteiger partial charge is 0.221 e. The van der Waals surface area contributed by atoms with Crippen LogP contribution in [0.3, 0.4) is 0 Å². The number of benzene rings is 2. The van der Waals surface area contributed by atoms with Gasteiger partial charge in [0.05, 0.1) is 6.61 Å². The Bertz CT molecular complexity index is 583. The Balaban J connectivity index is 2.36. The van der Waals surface area contributed by atoms with Gasteiger partial charge >= 0.3 is 0 Å². The van der Waals surface area contributed by atoms with Crippen molar-refractivity contribution in [1.82, 2.24) is 0 Å². The summed E-state index contributed by atoms with van der Waals surface area (Å²) in [5.74, 6) is 1.32. The van der Waals surface area contributed by atoms with E-state index in [0.717, 1.165) is 28.6 Å². The van der Waals surface area contributed by atoms with Crippen molar-refractivity contribution < 1.29 is 9.53 Å².